The fourth-order valence-corrected chi connectivity index (χ4v) is 3.68. The van der Waals surface area contributed by atoms with Gasteiger partial charge in [0.15, 0.2) is 11.5 Å². The second-order valence-corrected chi connectivity index (χ2v) is 6.87. The molecule has 0 bridgehead atoms. The number of aliphatic hydroxyl groups is 1. The molecule has 0 fully saturated rings. The first-order chi connectivity index (χ1) is 12.6. The predicted octanol–water partition coefficient (Wildman–Crippen LogP) is 4.95. The number of aliphatic hydroxyl groups excluding tert-OH is 1. The van der Waals surface area contributed by atoms with Crippen molar-refractivity contribution >= 4 is 17.4 Å². The molecule has 144 valence electrons. The quantitative estimate of drug-likeness (QED) is 0.738. The molecular formula is C19H16ClF4NO2. The van der Waals surface area contributed by atoms with Gasteiger partial charge in [-0.1, -0.05) is 29.8 Å². The number of aryl methyl sites for hydroxylation is 1. The second kappa shape index (κ2) is 7.20. The van der Waals surface area contributed by atoms with Crippen LogP contribution in [0.4, 0.5) is 17.6 Å². The Bertz CT molecular complexity index is 871. The number of hydrogen-bond acceptors (Lipinski definition) is 3. The molecule has 1 aromatic carbocycles. The van der Waals surface area contributed by atoms with E-state index < -0.39 is 34.3 Å². The summed E-state index contributed by atoms with van der Waals surface area (Å²) in [5.74, 6) is -0.767. The lowest BCUT2D eigenvalue weighted by Gasteiger charge is -2.32. The van der Waals surface area contributed by atoms with Crippen LogP contribution in [-0.4, -0.2) is 15.9 Å². The van der Waals surface area contributed by atoms with Crippen LogP contribution in [-0.2, 0) is 23.1 Å². The van der Waals surface area contributed by atoms with E-state index in [1.54, 1.807) is 0 Å². The zero-order chi connectivity index (χ0) is 19.8. The van der Waals surface area contributed by atoms with Gasteiger partial charge in [0.25, 0.3) is 0 Å². The molecule has 27 heavy (non-hydrogen) atoms. The first-order valence-electron chi connectivity index (χ1n) is 8.35. The summed E-state index contributed by atoms with van der Waals surface area (Å²) in [6, 6.07) is 6.32. The van der Waals surface area contributed by atoms with E-state index in [4.69, 9.17) is 11.6 Å². The highest BCUT2D eigenvalue weighted by Crippen LogP contribution is 2.44. The molecule has 1 aromatic heterocycles. The minimum atomic E-state index is -4.61. The lowest BCUT2D eigenvalue weighted by Crippen LogP contribution is -2.36. The van der Waals surface area contributed by atoms with Gasteiger partial charge in [0.05, 0.1) is 22.4 Å². The first-order valence-corrected chi connectivity index (χ1v) is 8.72. The maximum absolute atomic E-state index is 15.5. The minimum Gasteiger partial charge on any atom is -0.387 e. The van der Waals surface area contributed by atoms with Gasteiger partial charge < -0.3 is 5.11 Å². The molecule has 3 rings (SSSR count). The summed E-state index contributed by atoms with van der Waals surface area (Å²) in [5.41, 5.74) is -3.04. The van der Waals surface area contributed by atoms with Crippen molar-refractivity contribution in [1.29, 1.82) is 0 Å². The van der Waals surface area contributed by atoms with Crippen LogP contribution >= 0.6 is 11.6 Å². The number of rotatable bonds is 4. The van der Waals surface area contributed by atoms with Crippen LogP contribution in [0.5, 0.6) is 0 Å². The Morgan fingerprint density at radius 2 is 2.04 bits per heavy atom. The van der Waals surface area contributed by atoms with Gasteiger partial charge in [0.1, 0.15) is 0 Å². The molecule has 0 saturated carbocycles. The Morgan fingerprint density at radius 1 is 1.30 bits per heavy atom. The molecule has 1 aliphatic carbocycles. The van der Waals surface area contributed by atoms with Crippen LogP contribution in [0.15, 0.2) is 36.5 Å². The Kier molecular flexibility index (Phi) is 5.27. The minimum absolute atomic E-state index is 0.0175. The number of carbonyl (C=O) groups is 1. The summed E-state index contributed by atoms with van der Waals surface area (Å²) in [6.07, 6.45) is -4.76. The van der Waals surface area contributed by atoms with Gasteiger partial charge in [-0.05, 0) is 37.0 Å². The summed E-state index contributed by atoms with van der Waals surface area (Å²) < 4.78 is 54.3. The van der Waals surface area contributed by atoms with E-state index in [1.165, 1.54) is 30.5 Å². The van der Waals surface area contributed by atoms with Crippen molar-refractivity contribution in [2.24, 2.45) is 0 Å². The molecule has 0 amide bonds. The topological polar surface area (TPSA) is 50.2 Å². The molecule has 3 nitrogen and oxygen atoms in total. The predicted molar refractivity (Wildman–Crippen MR) is 91.0 cm³/mol. The third kappa shape index (κ3) is 3.71. The van der Waals surface area contributed by atoms with Crippen LogP contribution in [0, 0.1) is 0 Å². The van der Waals surface area contributed by atoms with Gasteiger partial charge in [-0.15, -0.1) is 0 Å². The summed E-state index contributed by atoms with van der Waals surface area (Å²) in [7, 11) is 0. The number of hydrogen-bond donors (Lipinski definition) is 1. The number of aromatic nitrogens is 1. The molecule has 1 heterocycles. The number of Topliss-reactive ketones (excluding diaryl/α,β-unsaturated/α-hetero) is 1. The van der Waals surface area contributed by atoms with Crippen LogP contribution in [0.1, 0.15) is 47.8 Å². The van der Waals surface area contributed by atoms with Crippen molar-refractivity contribution in [1.82, 2.24) is 4.98 Å². The van der Waals surface area contributed by atoms with Gasteiger partial charge in [-0.25, -0.2) is 4.39 Å². The lowest BCUT2D eigenvalue weighted by atomic mass is 9.77. The summed E-state index contributed by atoms with van der Waals surface area (Å²) in [5, 5.41) is 9.48. The normalized spacial score (nSPS) is 22.4. The monoisotopic (exact) mass is 401 g/mol. The SMILES string of the molecule is O=C(CCc1cccc(C(F)(F)F)c1Cl)[C@@]1(F)CC[C@@H](O)c2ncccc21. The molecule has 1 aliphatic rings. The maximum atomic E-state index is 15.5. The van der Waals surface area contributed by atoms with Gasteiger partial charge >= 0.3 is 6.18 Å². The standard InChI is InChI=1S/C19H16ClF4NO2/c20-16-11(3-1-4-12(16)19(22,23)24)6-7-15(27)18(21)9-8-14(26)17-13(18)5-2-10-25-17/h1-5,10,14,26H,6-9H2/t14-,18-/m1/s1. The van der Waals surface area contributed by atoms with Crippen LogP contribution < -0.4 is 0 Å². The van der Waals surface area contributed by atoms with Crippen molar-refractivity contribution in [2.45, 2.75) is 43.6 Å². The molecule has 0 saturated heterocycles. The van der Waals surface area contributed by atoms with E-state index in [2.05, 4.69) is 4.98 Å². The van der Waals surface area contributed by atoms with Gasteiger partial charge in [-0.3, -0.25) is 9.78 Å². The smallest absolute Gasteiger partial charge is 0.387 e. The fourth-order valence-electron chi connectivity index (χ4n) is 3.35. The highest BCUT2D eigenvalue weighted by Gasteiger charge is 2.46. The van der Waals surface area contributed by atoms with Gasteiger partial charge in [-0.2, -0.15) is 13.2 Å². The van der Waals surface area contributed by atoms with E-state index in [9.17, 15) is 23.1 Å². The Hall–Kier alpha value is -1.99. The summed E-state index contributed by atoms with van der Waals surface area (Å²) in [6.45, 7) is 0. The van der Waals surface area contributed by atoms with E-state index in [0.29, 0.717) is 0 Å². The third-order valence-corrected chi connectivity index (χ3v) is 5.24. The number of benzene rings is 1. The zero-order valence-electron chi connectivity index (χ0n) is 14.1. The van der Waals surface area contributed by atoms with Crippen molar-refractivity contribution in [3.63, 3.8) is 0 Å². The highest BCUT2D eigenvalue weighted by atomic mass is 35.5. The summed E-state index contributed by atoms with van der Waals surface area (Å²) in [4.78, 5) is 16.6. The number of alkyl halides is 4. The third-order valence-electron chi connectivity index (χ3n) is 4.79. The number of fused-ring (bicyclic) bond motifs is 1. The van der Waals surface area contributed by atoms with E-state index in [0.717, 1.165) is 6.07 Å². The molecule has 8 heteroatoms. The zero-order valence-corrected chi connectivity index (χ0v) is 14.8. The molecule has 0 spiro atoms. The van der Waals surface area contributed by atoms with Gasteiger partial charge in [0, 0.05) is 18.2 Å². The molecule has 0 aliphatic heterocycles. The van der Waals surface area contributed by atoms with Crippen molar-refractivity contribution < 1.29 is 27.5 Å². The van der Waals surface area contributed by atoms with Crippen molar-refractivity contribution in [3.8, 4) is 0 Å². The lowest BCUT2D eigenvalue weighted by molar-refractivity contribution is -0.137. The Balaban J connectivity index is 1.82. The van der Waals surface area contributed by atoms with E-state index in [-0.39, 0.29) is 42.5 Å². The van der Waals surface area contributed by atoms with E-state index >= 15 is 4.39 Å². The van der Waals surface area contributed by atoms with E-state index in [1.807, 2.05) is 0 Å². The second-order valence-electron chi connectivity index (χ2n) is 6.49. The fraction of sp³-hybridized carbons (Fsp3) is 0.368. The molecule has 0 unspecified atom stereocenters. The number of nitrogens with zero attached hydrogens (tertiary/aromatic N) is 1. The maximum Gasteiger partial charge on any atom is 0.417 e. The first kappa shape index (κ1) is 19.8. The van der Waals surface area contributed by atoms with Crippen LogP contribution in [0.2, 0.25) is 5.02 Å². The number of carbonyl (C=O) groups excluding carboxylic acids is 1. The average molecular weight is 402 g/mol. The molecule has 2 atom stereocenters. The molecular weight excluding hydrogens is 386 g/mol. The van der Waals surface area contributed by atoms with Crippen molar-refractivity contribution in [3.05, 3.63) is 63.9 Å². The largest absolute Gasteiger partial charge is 0.417 e. The van der Waals surface area contributed by atoms with Crippen LogP contribution in [0.25, 0.3) is 0 Å². The molecule has 2 aromatic rings. The number of ketones is 1. The number of pyridine rings is 1. The van der Waals surface area contributed by atoms with Gasteiger partial charge in [0.2, 0.25) is 0 Å². The Labute approximate surface area is 158 Å². The Morgan fingerprint density at radius 3 is 2.74 bits per heavy atom. The average Bonchev–Trinajstić information content (AvgIpc) is 2.63. The molecule has 1 N–H and O–H groups in total. The van der Waals surface area contributed by atoms with Crippen LogP contribution in [0.3, 0.4) is 0 Å². The number of halogens is 5. The summed E-state index contributed by atoms with van der Waals surface area (Å²) >= 11 is 5.83. The highest BCUT2D eigenvalue weighted by molar-refractivity contribution is 6.32. The van der Waals surface area contributed by atoms with Crippen molar-refractivity contribution in [2.75, 3.05) is 0 Å². The molecule has 0 radical (unpaired) electrons.